The third-order valence-corrected chi connectivity index (χ3v) is 7.22. The first-order valence-corrected chi connectivity index (χ1v) is 10.1. The number of thioether (sulfide) groups is 1. The normalized spacial score (nSPS) is 24.7. The van der Waals surface area contributed by atoms with Crippen LogP contribution >= 0.6 is 11.8 Å². The zero-order chi connectivity index (χ0) is 18.0. The highest BCUT2D eigenvalue weighted by Crippen LogP contribution is 2.59. The van der Waals surface area contributed by atoms with Gasteiger partial charge in [-0.25, -0.2) is 0 Å². The maximum atomic E-state index is 13.2. The van der Waals surface area contributed by atoms with Gasteiger partial charge in [-0.2, -0.15) is 5.26 Å². The fourth-order valence-electron chi connectivity index (χ4n) is 4.34. The molecule has 1 spiro atoms. The van der Waals surface area contributed by atoms with Crippen LogP contribution in [0.15, 0.2) is 40.9 Å². The van der Waals surface area contributed by atoms with E-state index in [9.17, 15) is 10.1 Å². The number of morpholine rings is 1. The van der Waals surface area contributed by atoms with Crippen molar-refractivity contribution in [3.05, 3.63) is 40.9 Å². The summed E-state index contributed by atoms with van der Waals surface area (Å²) < 4.78 is 5.46. The number of hydrogen-bond donors (Lipinski definition) is 1. The van der Waals surface area contributed by atoms with Crippen molar-refractivity contribution in [2.75, 3.05) is 31.6 Å². The summed E-state index contributed by atoms with van der Waals surface area (Å²) in [5.41, 5.74) is 1.33. The minimum absolute atomic E-state index is 0.0131. The number of nitriles is 1. The number of carbonyl (C=O) groups is 1. The van der Waals surface area contributed by atoms with Crippen LogP contribution in [0, 0.1) is 16.7 Å². The number of anilines is 1. The summed E-state index contributed by atoms with van der Waals surface area (Å²) in [6.45, 7) is 2.93. The Hall–Kier alpha value is -1.97. The summed E-state index contributed by atoms with van der Waals surface area (Å²) in [4.78, 5) is 15.4. The van der Waals surface area contributed by atoms with Gasteiger partial charge in [-0.3, -0.25) is 4.79 Å². The molecule has 1 saturated carbocycles. The third-order valence-electron chi connectivity index (χ3n) is 5.63. The van der Waals surface area contributed by atoms with Crippen molar-refractivity contribution < 1.29 is 9.53 Å². The van der Waals surface area contributed by atoms with Gasteiger partial charge in [0.25, 0.3) is 0 Å². The van der Waals surface area contributed by atoms with E-state index >= 15 is 0 Å². The Kier molecular flexibility index (Phi) is 4.92. The quantitative estimate of drug-likeness (QED) is 0.885. The molecule has 3 aliphatic rings. The first-order chi connectivity index (χ1) is 12.7. The van der Waals surface area contributed by atoms with Crippen molar-refractivity contribution in [3.8, 4) is 6.07 Å². The summed E-state index contributed by atoms with van der Waals surface area (Å²) >= 11 is 1.59. The highest BCUT2D eigenvalue weighted by atomic mass is 32.2. The zero-order valence-electron chi connectivity index (χ0n) is 14.7. The number of nitrogens with zero attached hydrogens (tertiary/aromatic N) is 2. The third kappa shape index (κ3) is 3.00. The molecule has 1 unspecified atom stereocenters. The molecule has 1 aromatic carbocycles. The average molecular weight is 369 g/mol. The fourth-order valence-corrected chi connectivity index (χ4v) is 6.00. The lowest BCUT2D eigenvalue weighted by Gasteiger charge is -2.30. The van der Waals surface area contributed by atoms with Gasteiger partial charge in [-0.15, -0.1) is 0 Å². The Labute approximate surface area is 158 Å². The van der Waals surface area contributed by atoms with Gasteiger partial charge in [0, 0.05) is 24.2 Å². The van der Waals surface area contributed by atoms with Gasteiger partial charge < -0.3 is 15.0 Å². The summed E-state index contributed by atoms with van der Waals surface area (Å²) in [5.74, 6) is 0.0131. The number of amides is 1. The van der Waals surface area contributed by atoms with Gasteiger partial charge in [-0.05, 0) is 25.0 Å². The maximum absolute atomic E-state index is 13.2. The first-order valence-electron chi connectivity index (χ1n) is 9.25. The van der Waals surface area contributed by atoms with Crippen molar-refractivity contribution in [2.45, 2.75) is 30.9 Å². The fraction of sp³-hybridized carbons (Fsp3) is 0.500. The van der Waals surface area contributed by atoms with Crippen LogP contribution in [0.25, 0.3) is 0 Å². The lowest BCUT2D eigenvalue weighted by molar-refractivity contribution is -0.117. The van der Waals surface area contributed by atoms with E-state index in [1.807, 2.05) is 30.3 Å². The van der Waals surface area contributed by atoms with Gasteiger partial charge >= 0.3 is 0 Å². The largest absolute Gasteiger partial charge is 0.378 e. The molecule has 4 rings (SSSR count). The molecule has 2 heterocycles. The Balaban J connectivity index is 1.63. The zero-order valence-corrected chi connectivity index (χ0v) is 15.6. The van der Waals surface area contributed by atoms with E-state index in [2.05, 4.69) is 16.3 Å². The monoisotopic (exact) mass is 369 g/mol. The number of carbonyl (C=O) groups excluding carboxylic acids is 1. The minimum Gasteiger partial charge on any atom is -0.378 e. The van der Waals surface area contributed by atoms with Crippen LogP contribution in [0.1, 0.15) is 25.7 Å². The van der Waals surface area contributed by atoms with E-state index in [-0.39, 0.29) is 16.6 Å². The lowest BCUT2D eigenvalue weighted by atomic mass is 9.75. The molecule has 136 valence electrons. The molecule has 1 N–H and O–H groups in total. The number of hydrogen-bond acceptors (Lipinski definition) is 5. The average Bonchev–Trinajstić information content (AvgIpc) is 3.29. The van der Waals surface area contributed by atoms with Crippen molar-refractivity contribution in [3.63, 3.8) is 0 Å². The van der Waals surface area contributed by atoms with Crippen LogP contribution in [0.5, 0.6) is 0 Å². The summed E-state index contributed by atoms with van der Waals surface area (Å²) in [7, 11) is 0. The molecule has 1 atom stereocenters. The standard InChI is InChI=1S/C20H23N3O2S/c21-14-16-19(23-10-12-25-13-11-23)26-17(20(16)8-4-5-9-20)18(24)22-15-6-2-1-3-7-15/h1-3,6-7,17H,4-5,8-13H2,(H,22,24). The molecule has 1 saturated heterocycles. The van der Waals surface area contributed by atoms with Gasteiger partial charge in [0.15, 0.2) is 0 Å². The summed E-state index contributed by atoms with van der Waals surface area (Å²) in [6, 6.07) is 12.1. The summed E-state index contributed by atoms with van der Waals surface area (Å²) in [5, 5.41) is 13.8. The SMILES string of the molecule is N#CC1=C(N2CCOCC2)SC(C(=O)Nc2ccccc2)C12CCCC2. The molecule has 1 aromatic rings. The van der Waals surface area contributed by atoms with Crippen LogP contribution in [0.4, 0.5) is 5.69 Å². The number of allylic oxidation sites excluding steroid dienone is 1. The first kappa shape index (κ1) is 17.4. The van der Waals surface area contributed by atoms with Gasteiger partial charge in [-0.1, -0.05) is 42.8 Å². The van der Waals surface area contributed by atoms with E-state index in [1.165, 1.54) is 0 Å². The van der Waals surface area contributed by atoms with E-state index in [1.54, 1.807) is 11.8 Å². The molecule has 1 amide bonds. The van der Waals surface area contributed by atoms with E-state index < -0.39 is 0 Å². The van der Waals surface area contributed by atoms with Crippen molar-refractivity contribution in [1.82, 2.24) is 4.90 Å². The van der Waals surface area contributed by atoms with Gasteiger partial charge in [0.2, 0.25) is 5.91 Å². The molecule has 2 aliphatic heterocycles. The predicted molar refractivity (Wildman–Crippen MR) is 102 cm³/mol. The second-order valence-corrected chi connectivity index (χ2v) is 8.20. The van der Waals surface area contributed by atoms with Crippen LogP contribution in [-0.2, 0) is 9.53 Å². The molecule has 5 nitrogen and oxygen atoms in total. The van der Waals surface area contributed by atoms with Crippen molar-refractivity contribution >= 4 is 23.4 Å². The van der Waals surface area contributed by atoms with E-state index in [0.29, 0.717) is 13.2 Å². The number of benzene rings is 1. The summed E-state index contributed by atoms with van der Waals surface area (Å²) in [6.07, 6.45) is 4.00. The Morgan fingerprint density at radius 2 is 1.92 bits per heavy atom. The maximum Gasteiger partial charge on any atom is 0.238 e. The molecule has 0 aromatic heterocycles. The molecule has 1 aliphatic carbocycles. The topological polar surface area (TPSA) is 65.4 Å². The predicted octanol–water partition coefficient (Wildman–Crippen LogP) is 3.37. The number of nitrogens with one attached hydrogen (secondary N) is 1. The van der Waals surface area contributed by atoms with E-state index in [0.717, 1.165) is 55.1 Å². The molecular weight excluding hydrogens is 346 g/mol. The van der Waals surface area contributed by atoms with Crippen LogP contribution in [-0.4, -0.2) is 42.4 Å². The van der Waals surface area contributed by atoms with Crippen molar-refractivity contribution in [2.24, 2.45) is 5.41 Å². The molecule has 2 fully saturated rings. The van der Waals surface area contributed by atoms with Crippen molar-refractivity contribution in [1.29, 1.82) is 5.26 Å². The van der Waals surface area contributed by atoms with Crippen LogP contribution < -0.4 is 5.32 Å². The number of rotatable bonds is 3. The highest BCUT2D eigenvalue weighted by molar-refractivity contribution is 8.04. The molecule has 26 heavy (non-hydrogen) atoms. The molecule has 0 bridgehead atoms. The molecular formula is C20H23N3O2S. The van der Waals surface area contributed by atoms with Crippen LogP contribution in [0.2, 0.25) is 0 Å². The van der Waals surface area contributed by atoms with Crippen LogP contribution in [0.3, 0.4) is 0 Å². The lowest BCUT2D eigenvalue weighted by Crippen LogP contribution is -2.38. The Morgan fingerprint density at radius 3 is 2.58 bits per heavy atom. The molecule has 6 heteroatoms. The second-order valence-electron chi connectivity index (χ2n) is 7.11. The van der Waals surface area contributed by atoms with Gasteiger partial charge in [0.05, 0.1) is 29.9 Å². The number of ether oxygens (including phenoxy) is 1. The van der Waals surface area contributed by atoms with Gasteiger partial charge in [0.1, 0.15) is 5.25 Å². The Morgan fingerprint density at radius 1 is 1.23 bits per heavy atom. The number of para-hydroxylation sites is 1. The minimum atomic E-state index is -0.314. The smallest absolute Gasteiger partial charge is 0.238 e. The van der Waals surface area contributed by atoms with E-state index in [4.69, 9.17) is 4.74 Å². The Bertz CT molecular complexity index is 744. The second kappa shape index (κ2) is 7.34. The highest BCUT2D eigenvalue weighted by Gasteiger charge is 2.55. The molecule has 0 radical (unpaired) electrons.